The second-order valence-electron chi connectivity index (χ2n) is 6.33. The van der Waals surface area contributed by atoms with E-state index in [4.69, 9.17) is 10.1 Å². The first kappa shape index (κ1) is 19.0. The standard InChI is InChI=1S/C20H21N3O3S/c1-12-4-5-14(10-13(12)2)22-18(24)11-17-19(25)23(20(21)27-17)15-6-8-16(26-3)9-7-15/h4-10,17,21H,11H2,1-3H3,(H,22,24). The third-order valence-corrected chi connectivity index (χ3v) is 5.50. The van der Waals surface area contributed by atoms with Gasteiger partial charge in [0, 0.05) is 12.1 Å². The summed E-state index contributed by atoms with van der Waals surface area (Å²) in [7, 11) is 1.57. The van der Waals surface area contributed by atoms with Crippen LogP contribution in [0.25, 0.3) is 0 Å². The molecule has 0 bridgehead atoms. The zero-order chi connectivity index (χ0) is 19.6. The first-order chi connectivity index (χ1) is 12.9. The van der Waals surface area contributed by atoms with E-state index in [2.05, 4.69) is 5.32 Å². The number of nitrogens with zero attached hydrogens (tertiary/aromatic N) is 1. The predicted octanol–water partition coefficient (Wildman–Crippen LogP) is 3.72. The molecule has 1 aliphatic heterocycles. The van der Waals surface area contributed by atoms with Crippen molar-refractivity contribution in [2.75, 3.05) is 17.3 Å². The van der Waals surface area contributed by atoms with Crippen molar-refractivity contribution in [2.24, 2.45) is 0 Å². The smallest absolute Gasteiger partial charge is 0.247 e. The van der Waals surface area contributed by atoms with Gasteiger partial charge in [-0.3, -0.25) is 19.9 Å². The molecular formula is C20H21N3O3S. The third kappa shape index (κ3) is 4.14. The number of aryl methyl sites for hydroxylation is 2. The van der Waals surface area contributed by atoms with Crippen LogP contribution in [-0.4, -0.2) is 29.3 Å². The van der Waals surface area contributed by atoms with Gasteiger partial charge in [0.1, 0.15) is 11.0 Å². The predicted molar refractivity (Wildman–Crippen MR) is 109 cm³/mol. The van der Waals surface area contributed by atoms with Crippen LogP contribution in [0.4, 0.5) is 11.4 Å². The number of ether oxygens (including phenoxy) is 1. The molecule has 1 saturated heterocycles. The summed E-state index contributed by atoms with van der Waals surface area (Å²) in [5, 5.41) is 10.5. The number of rotatable bonds is 5. The summed E-state index contributed by atoms with van der Waals surface area (Å²) in [6.45, 7) is 3.99. The van der Waals surface area contributed by atoms with Crippen LogP contribution in [0.3, 0.4) is 0 Å². The second-order valence-corrected chi connectivity index (χ2v) is 7.53. The van der Waals surface area contributed by atoms with Gasteiger partial charge in [0.25, 0.3) is 0 Å². The summed E-state index contributed by atoms with van der Waals surface area (Å²) >= 11 is 1.10. The van der Waals surface area contributed by atoms with Gasteiger partial charge in [-0.1, -0.05) is 17.8 Å². The number of nitrogens with one attached hydrogen (secondary N) is 2. The van der Waals surface area contributed by atoms with E-state index in [0.717, 1.165) is 22.9 Å². The monoisotopic (exact) mass is 383 g/mol. The van der Waals surface area contributed by atoms with E-state index in [1.165, 1.54) is 4.90 Å². The average Bonchev–Trinajstić information content (AvgIpc) is 2.91. The van der Waals surface area contributed by atoms with Crippen LogP contribution in [0.5, 0.6) is 5.75 Å². The summed E-state index contributed by atoms with van der Waals surface area (Å²) < 4.78 is 5.12. The van der Waals surface area contributed by atoms with Crippen LogP contribution in [-0.2, 0) is 9.59 Å². The molecule has 3 rings (SSSR count). The lowest BCUT2D eigenvalue weighted by molar-refractivity contribution is -0.121. The van der Waals surface area contributed by atoms with Crippen molar-refractivity contribution < 1.29 is 14.3 Å². The number of amidine groups is 1. The van der Waals surface area contributed by atoms with E-state index in [9.17, 15) is 9.59 Å². The van der Waals surface area contributed by atoms with Gasteiger partial charge in [-0.15, -0.1) is 0 Å². The van der Waals surface area contributed by atoms with Crippen LogP contribution in [0.1, 0.15) is 17.5 Å². The number of carbonyl (C=O) groups is 2. The Morgan fingerprint density at radius 3 is 2.52 bits per heavy atom. The fourth-order valence-electron chi connectivity index (χ4n) is 2.79. The molecule has 7 heteroatoms. The fourth-order valence-corrected chi connectivity index (χ4v) is 3.80. The lowest BCUT2D eigenvalue weighted by Crippen LogP contribution is -2.33. The molecule has 1 fully saturated rings. The quantitative estimate of drug-likeness (QED) is 0.824. The van der Waals surface area contributed by atoms with Gasteiger partial charge in [-0.2, -0.15) is 0 Å². The maximum Gasteiger partial charge on any atom is 0.247 e. The number of hydrogen-bond acceptors (Lipinski definition) is 5. The number of amides is 2. The number of anilines is 2. The van der Waals surface area contributed by atoms with Crippen molar-refractivity contribution >= 4 is 40.1 Å². The second kappa shape index (κ2) is 7.84. The number of thioether (sulfide) groups is 1. The molecule has 0 aromatic heterocycles. The van der Waals surface area contributed by atoms with Crippen molar-refractivity contribution in [3.05, 3.63) is 53.6 Å². The minimum Gasteiger partial charge on any atom is -0.497 e. The van der Waals surface area contributed by atoms with Crippen molar-refractivity contribution in [1.82, 2.24) is 0 Å². The molecule has 1 aliphatic rings. The normalized spacial score (nSPS) is 16.6. The third-order valence-electron chi connectivity index (χ3n) is 4.44. The molecule has 27 heavy (non-hydrogen) atoms. The molecule has 0 saturated carbocycles. The van der Waals surface area contributed by atoms with Crippen molar-refractivity contribution in [1.29, 1.82) is 5.41 Å². The van der Waals surface area contributed by atoms with Crippen LogP contribution in [0.15, 0.2) is 42.5 Å². The Kier molecular flexibility index (Phi) is 5.51. The first-order valence-electron chi connectivity index (χ1n) is 8.49. The molecule has 1 unspecified atom stereocenters. The molecule has 2 amide bonds. The summed E-state index contributed by atoms with van der Waals surface area (Å²) in [6.07, 6.45) is 0.0193. The Labute approximate surface area is 162 Å². The van der Waals surface area contributed by atoms with Crippen LogP contribution in [0, 0.1) is 19.3 Å². The Hall–Kier alpha value is -2.80. The number of methoxy groups -OCH3 is 1. The number of benzene rings is 2. The SMILES string of the molecule is COc1ccc(N2C(=N)SC(CC(=O)Nc3ccc(C)c(C)c3)C2=O)cc1. The zero-order valence-corrected chi connectivity index (χ0v) is 16.2. The topological polar surface area (TPSA) is 82.5 Å². The van der Waals surface area contributed by atoms with E-state index in [1.807, 2.05) is 32.0 Å². The van der Waals surface area contributed by atoms with Gasteiger partial charge in [0.15, 0.2) is 5.17 Å². The molecule has 0 aliphatic carbocycles. The lowest BCUT2D eigenvalue weighted by atomic mass is 10.1. The highest BCUT2D eigenvalue weighted by Crippen LogP contribution is 2.33. The van der Waals surface area contributed by atoms with E-state index in [0.29, 0.717) is 17.1 Å². The van der Waals surface area contributed by atoms with Gasteiger partial charge in [0.2, 0.25) is 11.8 Å². The molecule has 2 aromatic carbocycles. The fraction of sp³-hybridized carbons (Fsp3) is 0.250. The Bertz CT molecular complexity index is 896. The number of carbonyl (C=O) groups excluding carboxylic acids is 2. The largest absolute Gasteiger partial charge is 0.497 e. The molecule has 1 heterocycles. The Morgan fingerprint density at radius 2 is 1.89 bits per heavy atom. The molecule has 0 radical (unpaired) electrons. The molecule has 2 N–H and O–H groups in total. The van der Waals surface area contributed by atoms with Gasteiger partial charge < -0.3 is 10.1 Å². The van der Waals surface area contributed by atoms with E-state index in [1.54, 1.807) is 31.4 Å². The summed E-state index contributed by atoms with van der Waals surface area (Å²) in [5.74, 6) is 0.174. The zero-order valence-electron chi connectivity index (χ0n) is 15.4. The van der Waals surface area contributed by atoms with Gasteiger partial charge in [-0.25, -0.2) is 0 Å². The van der Waals surface area contributed by atoms with E-state index < -0.39 is 5.25 Å². The summed E-state index contributed by atoms with van der Waals surface area (Å²) in [4.78, 5) is 26.4. The van der Waals surface area contributed by atoms with Crippen molar-refractivity contribution in [3.63, 3.8) is 0 Å². The van der Waals surface area contributed by atoms with Crippen LogP contribution in [0.2, 0.25) is 0 Å². The van der Waals surface area contributed by atoms with Crippen LogP contribution < -0.4 is 15.0 Å². The summed E-state index contributed by atoms with van der Waals surface area (Å²) in [6, 6.07) is 12.6. The maximum atomic E-state index is 12.7. The molecule has 0 spiro atoms. The van der Waals surface area contributed by atoms with Gasteiger partial charge in [0.05, 0.1) is 12.8 Å². The van der Waals surface area contributed by atoms with Gasteiger partial charge >= 0.3 is 0 Å². The van der Waals surface area contributed by atoms with Crippen molar-refractivity contribution in [3.8, 4) is 5.75 Å². The lowest BCUT2D eigenvalue weighted by Gasteiger charge is -2.16. The van der Waals surface area contributed by atoms with Crippen LogP contribution >= 0.6 is 11.8 Å². The Balaban J connectivity index is 1.67. The molecule has 140 valence electrons. The first-order valence-corrected chi connectivity index (χ1v) is 9.37. The highest BCUT2D eigenvalue weighted by Gasteiger charge is 2.39. The Morgan fingerprint density at radius 1 is 1.19 bits per heavy atom. The van der Waals surface area contributed by atoms with E-state index >= 15 is 0 Å². The minimum atomic E-state index is -0.605. The number of hydrogen-bond donors (Lipinski definition) is 2. The van der Waals surface area contributed by atoms with Crippen molar-refractivity contribution in [2.45, 2.75) is 25.5 Å². The molecule has 2 aromatic rings. The molecule has 1 atom stereocenters. The minimum absolute atomic E-state index is 0.0193. The van der Waals surface area contributed by atoms with Gasteiger partial charge in [-0.05, 0) is 61.4 Å². The highest BCUT2D eigenvalue weighted by molar-refractivity contribution is 8.16. The highest BCUT2D eigenvalue weighted by atomic mass is 32.2. The molecule has 6 nitrogen and oxygen atoms in total. The summed E-state index contributed by atoms with van der Waals surface area (Å²) in [5.41, 5.74) is 3.54. The molecular weight excluding hydrogens is 362 g/mol. The van der Waals surface area contributed by atoms with E-state index in [-0.39, 0.29) is 23.4 Å². The maximum absolute atomic E-state index is 12.7. The average molecular weight is 383 g/mol.